The second-order valence-electron chi connectivity index (χ2n) is 5.33. The van der Waals surface area contributed by atoms with Crippen LogP contribution >= 0.6 is 11.6 Å². The van der Waals surface area contributed by atoms with Crippen LogP contribution in [-0.4, -0.2) is 29.7 Å². The number of nitrogens with zero attached hydrogens (tertiary/aromatic N) is 1. The molecule has 136 valence electrons. The molecule has 0 radical (unpaired) electrons. The maximum atomic E-state index is 12.3. The molecule has 27 heavy (non-hydrogen) atoms. The van der Waals surface area contributed by atoms with E-state index in [1.807, 2.05) is 18.2 Å². The predicted octanol–water partition coefficient (Wildman–Crippen LogP) is 3.01. The Bertz CT molecular complexity index is 877. The van der Waals surface area contributed by atoms with Crippen LogP contribution in [0.2, 0.25) is 5.02 Å². The van der Waals surface area contributed by atoms with E-state index in [0.29, 0.717) is 34.1 Å². The molecular weight excluding hydrogens is 366 g/mol. The second kappa shape index (κ2) is 10.3. The van der Waals surface area contributed by atoms with E-state index in [0.717, 1.165) is 5.69 Å². The Morgan fingerprint density at radius 2 is 1.81 bits per heavy atom. The van der Waals surface area contributed by atoms with Crippen LogP contribution < -0.4 is 15.5 Å². The molecular formula is C19H16BClN2O4. The molecule has 3 N–H and O–H groups in total. The quantitative estimate of drug-likeness (QED) is 0.682. The van der Waals surface area contributed by atoms with Crippen LogP contribution in [0.3, 0.4) is 0 Å². The number of anilines is 1. The van der Waals surface area contributed by atoms with Crippen LogP contribution in [0.5, 0.6) is 5.75 Å². The fraction of sp³-hybridized carbons (Fsp3) is 0.0526. The van der Waals surface area contributed by atoms with E-state index < -0.39 is 0 Å². The van der Waals surface area contributed by atoms with E-state index in [1.54, 1.807) is 48.7 Å². The summed E-state index contributed by atoms with van der Waals surface area (Å²) >= 11 is 6.06. The standard InChI is InChI=1S/C19H14BClN2O2.2H2O/c20-14-6-9-17(21)18(11-14)23-19(24)13-4-7-16(8-5-13)25-12-15-3-1-2-10-22-15;;/h1-11H,12H2,(H,23,24);2*1H2/q+2;;/p-2. The molecule has 0 aliphatic carbocycles. The van der Waals surface area contributed by atoms with Gasteiger partial charge in [0.25, 0.3) is 0 Å². The molecule has 0 aliphatic rings. The summed E-state index contributed by atoms with van der Waals surface area (Å²) in [7, 11) is 5.71. The Balaban J connectivity index is 0.00000182. The average molecular weight is 383 g/mol. The van der Waals surface area contributed by atoms with Gasteiger partial charge in [0.15, 0.2) is 0 Å². The molecule has 2 aromatic carbocycles. The van der Waals surface area contributed by atoms with Crippen molar-refractivity contribution in [1.29, 1.82) is 0 Å². The zero-order chi connectivity index (χ0) is 17.6. The third kappa shape index (κ3) is 6.11. The van der Waals surface area contributed by atoms with Crippen LogP contribution in [0.25, 0.3) is 0 Å². The first-order chi connectivity index (χ1) is 12.1. The van der Waals surface area contributed by atoms with Gasteiger partial charge in [-0.15, -0.1) is 0 Å². The van der Waals surface area contributed by atoms with Crippen molar-refractivity contribution in [2.75, 3.05) is 5.32 Å². The Morgan fingerprint density at radius 1 is 1.07 bits per heavy atom. The number of carbonyl (C=O) groups excluding carboxylic acids is 1. The van der Waals surface area contributed by atoms with Gasteiger partial charge in [0, 0.05) is 6.20 Å². The van der Waals surface area contributed by atoms with Crippen molar-refractivity contribution in [3.8, 4) is 5.75 Å². The molecule has 1 aromatic heterocycles. The summed E-state index contributed by atoms with van der Waals surface area (Å²) in [5.41, 5.74) is 2.32. The van der Waals surface area contributed by atoms with E-state index in [2.05, 4.69) is 10.3 Å². The van der Waals surface area contributed by atoms with Gasteiger partial charge >= 0.3 is 122 Å². The molecule has 0 spiro atoms. The van der Waals surface area contributed by atoms with Gasteiger partial charge in [-0.2, -0.15) is 0 Å². The van der Waals surface area contributed by atoms with Crippen molar-refractivity contribution in [1.82, 2.24) is 4.98 Å². The molecule has 1 amide bonds. The number of aromatic nitrogens is 1. The zero-order valence-corrected chi connectivity index (χ0v) is 14.9. The third-order valence-corrected chi connectivity index (χ3v) is 3.80. The number of benzene rings is 2. The Labute approximate surface area is 163 Å². The summed E-state index contributed by atoms with van der Waals surface area (Å²) < 4.78 is 5.65. The first-order valence-electron chi connectivity index (χ1n) is 7.61. The molecule has 3 aromatic rings. The van der Waals surface area contributed by atoms with E-state index in [4.69, 9.17) is 24.2 Å². The minimum atomic E-state index is -0.274. The van der Waals surface area contributed by atoms with Gasteiger partial charge in [0.2, 0.25) is 0 Å². The molecule has 0 aliphatic heterocycles. The number of carbonyl (C=O) groups is 1. The predicted molar refractivity (Wildman–Crippen MR) is 104 cm³/mol. The number of halogens is 1. The molecule has 0 fully saturated rings. The van der Waals surface area contributed by atoms with Crippen LogP contribution in [0.15, 0.2) is 66.9 Å². The molecule has 0 saturated carbocycles. The maximum Gasteiger partial charge on any atom is -0.870 e. The van der Waals surface area contributed by atoms with Crippen molar-refractivity contribution in [2.24, 2.45) is 0 Å². The number of nitrogens with one attached hydrogen (secondary N) is 1. The Morgan fingerprint density at radius 3 is 2.48 bits per heavy atom. The Hall–Kier alpha value is -2.87. The van der Waals surface area contributed by atoms with Crippen molar-refractivity contribution < 1.29 is 20.5 Å². The number of hydrogen-bond donors (Lipinski definition) is 1. The minimum Gasteiger partial charge on any atom is -0.870 e. The Kier molecular flexibility index (Phi) is 8.48. The first-order valence-corrected chi connectivity index (χ1v) is 7.99. The van der Waals surface area contributed by atoms with Gasteiger partial charge in [-0.05, 0) is 12.1 Å². The number of hydrogen-bond acceptors (Lipinski definition) is 5. The van der Waals surface area contributed by atoms with Crippen molar-refractivity contribution in [3.63, 3.8) is 0 Å². The minimum absolute atomic E-state index is 0. The van der Waals surface area contributed by atoms with E-state index in [9.17, 15) is 4.79 Å². The van der Waals surface area contributed by atoms with Crippen LogP contribution in [0.4, 0.5) is 5.69 Å². The van der Waals surface area contributed by atoms with Gasteiger partial charge < -0.3 is 11.0 Å². The largest absolute Gasteiger partial charge is 0.870 e. The normalized spacial score (nSPS) is 9.59. The fourth-order valence-corrected chi connectivity index (χ4v) is 2.34. The summed E-state index contributed by atoms with van der Waals surface area (Å²) in [6, 6.07) is 17.4. The first kappa shape index (κ1) is 22.2. The summed E-state index contributed by atoms with van der Waals surface area (Å²) in [4.78, 5) is 16.5. The van der Waals surface area contributed by atoms with Crippen molar-refractivity contribution >= 4 is 36.5 Å². The fourth-order valence-electron chi connectivity index (χ4n) is 2.18. The summed E-state index contributed by atoms with van der Waals surface area (Å²) in [6.45, 7) is 0.366. The monoisotopic (exact) mass is 382 g/mol. The average Bonchev–Trinajstić information content (AvgIpc) is 2.64. The molecule has 6 nitrogen and oxygen atoms in total. The van der Waals surface area contributed by atoms with E-state index in [1.165, 1.54) is 0 Å². The molecule has 0 atom stereocenters. The van der Waals surface area contributed by atoms with Gasteiger partial charge in [-0.3, -0.25) is 4.98 Å². The third-order valence-electron chi connectivity index (χ3n) is 3.47. The smallest absolute Gasteiger partial charge is 0.870 e. The molecule has 0 bridgehead atoms. The van der Waals surface area contributed by atoms with Gasteiger partial charge in [-0.1, -0.05) is 6.07 Å². The van der Waals surface area contributed by atoms with Gasteiger partial charge in [-0.25, -0.2) is 0 Å². The van der Waals surface area contributed by atoms with E-state index in [-0.39, 0.29) is 16.9 Å². The molecule has 8 heteroatoms. The number of pyridine rings is 1. The molecule has 1 heterocycles. The van der Waals surface area contributed by atoms with Crippen LogP contribution in [-0.2, 0) is 6.61 Å². The van der Waals surface area contributed by atoms with E-state index >= 15 is 0 Å². The van der Waals surface area contributed by atoms with Gasteiger partial charge in [0.05, 0.1) is 0 Å². The van der Waals surface area contributed by atoms with Crippen LogP contribution in [0.1, 0.15) is 16.1 Å². The molecule has 0 unspecified atom stereocenters. The van der Waals surface area contributed by atoms with Gasteiger partial charge in [0.1, 0.15) is 0 Å². The zero-order valence-electron chi connectivity index (χ0n) is 14.2. The number of amides is 1. The summed E-state index contributed by atoms with van der Waals surface area (Å²) in [5, 5.41) is 3.17. The molecule has 0 saturated heterocycles. The van der Waals surface area contributed by atoms with Crippen molar-refractivity contribution in [3.05, 3.63) is 83.1 Å². The second-order valence-corrected chi connectivity index (χ2v) is 5.73. The van der Waals surface area contributed by atoms with Crippen molar-refractivity contribution in [2.45, 2.75) is 6.61 Å². The number of ether oxygens (including phenoxy) is 1. The maximum absolute atomic E-state index is 12.3. The number of rotatable bonds is 5. The summed E-state index contributed by atoms with van der Waals surface area (Å²) in [5.74, 6) is 0.382. The molecule has 3 rings (SSSR count). The SMILES string of the molecule is [B+2]c1ccc(Cl)c(NC(=O)c2ccc(OCc3ccccn3)cc2)c1.[OH-].[OH-]. The van der Waals surface area contributed by atoms with Crippen LogP contribution in [0, 0.1) is 0 Å². The summed E-state index contributed by atoms with van der Waals surface area (Å²) in [6.07, 6.45) is 1.72. The topological polar surface area (TPSA) is 111 Å².